The maximum absolute atomic E-state index is 4.81. The maximum Gasteiger partial charge on any atom is 0.124 e. The third-order valence-electron chi connectivity index (χ3n) is 3.42. The van der Waals surface area contributed by atoms with E-state index in [-0.39, 0.29) is 0 Å². The Morgan fingerprint density at radius 3 is 3.20 bits per heavy atom. The molecule has 84 valence electrons. The quantitative estimate of drug-likeness (QED) is 0.826. The first-order valence-electron chi connectivity index (χ1n) is 6.01. The molecule has 3 nitrogen and oxygen atoms in total. The molecule has 0 bridgehead atoms. The first-order chi connectivity index (χ1) is 7.38. The van der Waals surface area contributed by atoms with E-state index >= 15 is 0 Å². The lowest BCUT2D eigenvalue weighted by Crippen LogP contribution is -2.33. The molecule has 1 heterocycles. The van der Waals surface area contributed by atoms with E-state index in [1.54, 1.807) is 6.26 Å². The normalized spacial score (nSPS) is 26.7. The molecule has 2 unspecified atom stereocenters. The van der Waals surface area contributed by atoms with Gasteiger partial charge in [0.1, 0.15) is 6.26 Å². The molecular formula is C12H20N2O. The second kappa shape index (κ2) is 5.31. The Morgan fingerprint density at radius 1 is 1.53 bits per heavy atom. The van der Waals surface area contributed by atoms with Crippen molar-refractivity contribution >= 4 is 0 Å². The number of nitrogens with one attached hydrogen (secondary N) is 1. The van der Waals surface area contributed by atoms with Gasteiger partial charge in [-0.05, 0) is 18.8 Å². The highest BCUT2D eigenvalue weighted by atomic mass is 16.5. The number of hydrogen-bond donors (Lipinski definition) is 1. The highest BCUT2D eigenvalue weighted by Crippen LogP contribution is 2.26. The predicted octanol–water partition coefficient (Wildman–Crippen LogP) is 2.73. The van der Waals surface area contributed by atoms with E-state index < -0.39 is 0 Å². The van der Waals surface area contributed by atoms with E-state index in [0.717, 1.165) is 18.2 Å². The van der Waals surface area contributed by atoms with Crippen molar-refractivity contribution in [2.24, 2.45) is 5.92 Å². The Bertz CT molecular complexity index is 271. The lowest BCUT2D eigenvalue weighted by Gasteiger charge is -2.28. The summed E-state index contributed by atoms with van der Waals surface area (Å²) in [6, 6.07) is 2.60. The van der Waals surface area contributed by atoms with Gasteiger partial charge in [-0.2, -0.15) is 0 Å². The second-order valence-corrected chi connectivity index (χ2v) is 4.51. The molecule has 1 fully saturated rings. The first-order valence-corrected chi connectivity index (χ1v) is 6.01. The monoisotopic (exact) mass is 208 g/mol. The zero-order valence-corrected chi connectivity index (χ0v) is 9.41. The van der Waals surface area contributed by atoms with Crippen LogP contribution in [0.4, 0.5) is 0 Å². The summed E-state index contributed by atoms with van der Waals surface area (Å²) < 4.78 is 4.81. The van der Waals surface area contributed by atoms with Crippen molar-refractivity contribution in [3.8, 4) is 0 Å². The van der Waals surface area contributed by atoms with Crippen molar-refractivity contribution in [1.82, 2.24) is 10.5 Å². The molecule has 1 saturated carbocycles. The van der Waals surface area contributed by atoms with E-state index in [1.165, 1.54) is 32.1 Å². The van der Waals surface area contributed by atoms with Gasteiger partial charge in [-0.15, -0.1) is 0 Å². The number of rotatable bonds is 4. The Morgan fingerprint density at radius 2 is 2.47 bits per heavy atom. The second-order valence-electron chi connectivity index (χ2n) is 4.51. The van der Waals surface area contributed by atoms with Crippen molar-refractivity contribution in [1.29, 1.82) is 0 Å². The predicted molar refractivity (Wildman–Crippen MR) is 59.4 cm³/mol. The van der Waals surface area contributed by atoms with Gasteiger partial charge < -0.3 is 9.84 Å². The van der Waals surface area contributed by atoms with Crippen molar-refractivity contribution in [2.45, 2.75) is 51.6 Å². The molecule has 0 amide bonds. The van der Waals surface area contributed by atoms with Crippen LogP contribution in [0.15, 0.2) is 16.9 Å². The summed E-state index contributed by atoms with van der Waals surface area (Å²) in [5.74, 6) is 0.925. The molecule has 0 saturated heterocycles. The summed E-state index contributed by atoms with van der Waals surface area (Å²) in [7, 11) is 0. The van der Waals surface area contributed by atoms with Gasteiger partial charge in [-0.3, -0.25) is 0 Å². The fraction of sp³-hybridized carbons (Fsp3) is 0.750. The highest BCUT2D eigenvalue weighted by molar-refractivity contribution is 4.95. The van der Waals surface area contributed by atoms with Crippen LogP contribution in [-0.4, -0.2) is 11.2 Å². The Balaban J connectivity index is 1.74. The van der Waals surface area contributed by atoms with Gasteiger partial charge in [-0.25, -0.2) is 0 Å². The molecule has 1 aliphatic rings. The zero-order valence-electron chi connectivity index (χ0n) is 9.41. The Labute approximate surface area is 91.2 Å². The lowest BCUT2D eigenvalue weighted by atomic mass is 9.84. The fourth-order valence-electron chi connectivity index (χ4n) is 2.42. The van der Waals surface area contributed by atoms with Crippen LogP contribution in [-0.2, 0) is 6.54 Å². The fourth-order valence-corrected chi connectivity index (χ4v) is 2.42. The minimum atomic E-state index is 0.681. The van der Waals surface area contributed by atoms with Crippen LogP contribution in [0, 0.1) is 5.92 Å². The van der Waals surface area contributed by atoms with Crippen molar-refractivity contribution in [3.05, 3.63) is 18.0 Å². The minimum Gasteiger partial charge on any atom is -0.364 e. The van der Waals surface area contributed by atoms with Crippen LogP contribution >= 0.6 is 0 Å². The van der Waals surface area contributed by atoms with Gasteiger partial charge in [-0.1, -0.05) is 31.3 Å². The van der Waals surface area contributed by atoms with Crippen LogP contribution in [0.1, 0.15) is 44.7 Å². The zero-order chi connectivity index (χ0) is 10.5. The van der Waals surface area contributed by atoms with E-state index in [0.29, 0.717) is 6.04 Å². The number of aromatic nitrogens is 1. The summed E-state index contributed by atoms with van der Waals surface area (Å²) in [6.45, 7) is 3.14. The van der Waals surface area contributed by atoms with Gasteiger partial charge in [0, 0.05) is 18.7 Å². The van der Waals surface area contributed by atoms with E-state index in [4.69, 9.17) is 4.52 Å². The average molecular weight is 208 g/mol. The summed E-state index contributed by atoms with van der Waals surface area (Å²) >= 11 is 0. The first kappa shape index (κ1) is 10.7. The maximum atomic E-state index is 4.81. The molecule has 1 aromatic rings. The third-order valence-corrected chi connectivity index (χ3v) is 3.42. The van der Waals surface area contributed by atoms with Crippen LogP contribution in [0.2, 0.25) is 0 Å². The molecule has 0 radical (unpaired) electrons. The summed E-state index contributed by atoms with van der Waals surface area (Å²) in [6.07, 6.45) is 8.38. The molecule has 2 atom stereocenters. The molecule has 0 aromatic carbocycles. The van der Waals surface area contributed by atoms with Gasteiger partial charge in [0.25, 0.3) is 0 Å². The van der Waals surface area contributed by atoms with Crippen LogP contribution in [0.3, 0.4) is 0 Å². The molecule has 0 spiro atoms. The molecular weight excluding hydrogens is 188 g/mol. The summed E-state index contributed by atoms with van der Waals surface area (Å²) in [5.41, 5.74) is 1.01. The Hall–Kier alpha value is -0.830. The van der Waals surface area contributed by atoms with Gasteiger partial charge in [0.05, 0.1) is 5.69 Å². The number of hydrogen-bond acceptors (Lipinski definition) is 3. The van der Waals surface area contributed by atoms with Crippen molar-refractivity contribution in [2.75, 3.05) is 0 Å². The van der Waals surface area contributed by atoms with E-state index in [1.807, 2.05) is 6.07 Å². The highest BCUT2D eigenvalue weighted by Gasteiger charge is 2.20. The minimum absolute atomic E-state index is 0.681. The smallest absolute Gasteiger partial charge is 0.124 e. The standard InChI is InChI=1S/C12H20N2O/c1-2-10-4-3-5-11(8-10)13-9-12-6-7-15-14-12/h6-7,10-11,13H,2-5,8-9H2,1H3. The average Bonchev–Trinajstić information content (AvgIpc) is 2.79. The third kappa shape index (κ3) is 3.06. The van der Waals surface area contributed by atoms with Crippen molar-refractivity contribution in [3.63, 3.8) is 0 Å². The molecule has 0 aliphatic heterocycles. The van der Waals surface area contributed by atoms with Crippen molar-refractivity contribution < 1.29 is 4.52 Å². The molecule has 1 aliphatic carbocycles. The molecule has 1 aromatic heterocycles. The van der Waals surface area contributed by atoms with E-state index in [9.17, 15) is 0 Å². The van der Waals surface area contributed by atoms with Crippen LogP contribution < -0.4 is 5.32 Å². The lowest BCUT2D eigenvalue weighted by molar-refractivity contribution is 0.276. The molecule has 2 rings (SSSR count). The molecule has 1 N–H and O–H groups in total. The Kier molecular flexibility index (Phi) is 3.78. The topological polar surface area (TPSA) is 38.1 Å². The summed E-state index contributed by atoms with van der Waals surface area (Å²) in [4.78, 5) is 0. The van der Waals surface area contributed by atoms with Crippen LogP contribution in [0.5, 0.6) is 0 Å². The van der Waals surface area contributed by atoms with Gasteiger partial charge in [0.2, 0.25) is 0 Å². The molecule has 3 heteroatoms. The van der Waals surface area contributed by atoms with E-state index in [2.05, 4.69) is 17.4 Å². The number of nitrogens with zero attached hydrogens (tertiary/aromatic N) is 1. The summed E-state index contributed by atoms with van der Waals surface area (Å²) in [5, 5.41) is 7.47. The van der Waals surface area contributed by atoms with Gasteiger partial charge in [0.15, 0.2) is 0 Å². The van der Waals surface area contributed by atoms with Gasteiger partial charge >= 0.3 is 0 Å². The SMILES string of the molecule is CCC1CCCC(NCc2ccon2)C1. The largest absolute Gasteiger partial charge is 0.364 e. The molecule has 15 heavy (non-hydrogen) atoms. The van der Waals surface area contributed by atoms with Crippen LogP contribution in [0.25, 0.3) is 0 Å².